The van der Waals surface area contributed by atoms with Crippen LogP contribution in [0.25, 0.3) is 0 Å². The summed E-state index contributed by atoms with van der Waals surface area (Å²) in [6.45, 7) is 14.3. The molecular formula is C16H32N2O2. The molecule has 0 fully saturated rings. The Balaban J connectivity index is 4.13. The van der Waals surface area contributed by atoms with E-state index in [4.69, 9.17) is 4.74 Å². The van der Waals surface area contributed by atoms with Crippen molar-refractivity contribution in [2.24, 2.45) is 0 Å². The number of amides is 1. The number of hydrogen-bond acceptors (Lipinski definition) is 3. The van der Waals surface area contributed by atoms with Gasteiger partial charge in [0, 0.05) is 18.6 Å². The topological polar surface area (TPSA) is 50.4 Å². The van der Waals surface area contributed by atoms with E-state index >= 15 is 0 Å². The molecule has 2 N–H and O–H groups in total. The maximum absolute atomic E-state index is 11.7. The lowest BCUT2D eigenvalue weighted by molar-refractivity contribution is 0.0521. The van der Waals surface area contributed by atoms with Gasteiger partial charge in [0.15, 0.2) is 0 Å². The van der Waals surface area contributed by atoms with Crippen molar-refractivity contribution < 1.29 is 9.53 Å². The number of alkyl carbamates (subject to hydrolysis) is 1. The third-order valence-electron chi connectivity index (χ3n) is 2.85. The fraction of sp³-hybridized carbons (Fsp3) is 0.812. The second-order valence-electron chi connectivity index (χ2n) is 6.30. The van der Waals surface area contributed by atoms with Crippen molar-refractivity contribution in [2.45, 2.75) is 78.0 Å². The zero-order chi connectivity index (χ0) is 15.6. The SMILES string of the molecule is C=CCCC(C)NC(CCC)CNC(=O)OC(C)(C)C. The summed E-state index contributed by atoms with van der Waals surface area (Å²) in [4.78, 5) is 11.7. The molecule has 0 aliphatic carbocycles. The third-order valence-corrected chi connectivity index (χ3v) is 2.85. The minimum atomic E-state index is -0.449. The normalized spacial score (nSPS) is 14.4. The number of carbonyl (C=O) groups is 1. The van der Waals surface area contributed by atoms with Crippen LogP contribution in [0.3, 0.4) is 0 Å². The molecular weight excluding hydrogens is 252 g/mol. The molecule has 0 aliphatic rings. The summed E-state index contributed by atoms with van der Waals surface area (Å²) in [6, 6.07) is 0.706. The first-order chi connectivity index (χ1) is 9.28. The molecule has 2 atom stereocenters. The van der Waals surface area contributed by atoms with Crippen molar-refractivity contribution in [3.05, 3.63) is 12.7 Å². The van der Waals surface area contributed by atoms with Crippen molar-refractivity contribution in [1.29, 1.82) is 0 Å². The Morgan fingerprint density at radius 1 is 1.35 bits per heavy atom. The van der Waals surface area contributed by atoms with Crippen LogP contribution in [-0.4, -0.2) is 30.3 Å². The Labute approximate surface area is 124 Å². The lowest BCUT2D eigenvalue weighted by Crippen LogP contribution is -2.45. The van der Waals surface area contributed by atoms with Crippen molar-refractivity contribution in [3.63, 3.8) is 0 Å². The minimum absolute atomic E-state index is 0.285. The quantitative estimate of drug-likeness (QED) is 0.636. The molecule has 0 aliphatic heterocycles. The predicted octanol–water partition coefficient (Wildman–Crippen LogP) is 3.62. The second kappa shape index (κ2) is 9.81. The molecule has 0 aromatic rings. The molecule has 1 amide bonds. The van der Waals surface area contributed by atoms with E-state index in [1.165, 1.54) is 0 Å². The van der Waals surface area contributed by atoms with Gasteiger partial charge in [-0.25, -0.2) is 4.79 Å². The van der Waals surface area contributed by atoms with Crippen LogP contribution < -0.4 is 10.6 Å². The van der Waals surface area contributed by atoms with Gasteiger partial charge in [-0.2, -0.15) is 0 Å². The van der Waals surface area contributed by atoms with Gasteiger partial charge in [0.25, 0.3) is 0 Å². The third kappa shape index (κ3) is 10.9. The van der Waals surface area contributed by atoms with Gasteiger partial charge < -0.3 is 15.4 Å². The average Bonchev–Trinajstić information content (AvgIpc) is 2.31. The van der Waals surface area contributed by atoms with Gasteiger partial charge >= 0.3 is 6.09 Å². The number of allylic oxidation sites excluding steroid dienone is 1. The van der Waals surface area contributed by atoms with Crippen LogP contribution in [0.1, 0.15) is 60.3 Å². The molecule has 0 saturated carbocycles. The van der Waals surface area contributed by atoms with Crippen LogP contribution in [0.4, 0.5) is 4.79 Å². The van der Waals surface area contributed by atoms with Crippen molar-refractivity contribution in [1.82, 2.24) is 10.6 Å². The van der Waals surface area contributed by atoms with Crippen LogP contribution in [0.5, 0.6) is 0 Å². The highest BCUT2D eigenvalue weighted by Crippen LogP contribution is 2.07. The molecule has 0 rings (SSSR count). The summed E-state index contributed by atoms with van der Waals surface area (Å²) < 4.78 is 5.25. The first kappa shape index (κ1) is 19.0. The first-order valence-corrected chi connectivity index (χ1v) is 7.62. The van der Waals surface area contributed by atoms with Crippen LogP contribution in [-0.2, 0) is 4.74 Å². The van der Waals surface area contributed by atoms with Crippen molar-refractivity contribution in [2.75, 3.05) is 6.54 Å². The number of rotatable bonds is 9. The summed E-state index contributed by atoms with van der Waals surface area (Å²) in [7, 11) is 0. The molecule has 0 heterocycles. The fourth-order valence-electron chi connectivity index (χ4n) is 1.97. The van der Waals surface area contributed by atoms with Gasteiger partial charge in [0.05, 0.1) is 0 Å². The van der Waals surface area contributed by atoms with Crippen LogP contribution in [0, 0.1) is 0 Å². The Morgan fingerprint density at radius 2 is 2.00 bits per heavy atom. The lowest BCUT2D eigenvalue weighted by atomic mass is 10.1. The van der Waals surface area contributed by atoms with Crippen LogP contribution >= 0.6 is 0 Å². The van der Waals surface area contributed by atoms with E-state index in [1.54, 1.807) is 0 Å². The van der Waals surface area contributed by atoms with Gasteiger partial charge in [-0.1, -0.05) is 19.4 Å². The van der Waals surface area contributed by atoms with Crippen LogP contribution in [0.2, 0.25) is 0 Å². The smallest absolute Gasteiger partial charge is 0.407 e. The Hall–Kier alpha value is -1.03. The van der Waals surface area contributed by atoms with Crippen molar-refractivity contribution in [3.8, 4) is 0 Å². The van der Waals surface area contributed by atoms with E-state index in [0.717, 1.165) is 25.7 Å². The van der Waals surface area contributed by atoms with Gasteiger partial charge in [0.2, 0.25) is 0 Å². The maximum atomic E-state index is 11.7. The monoisotopic (exact) mass is 284 g/mol. The van der Waals surface area contributed by atoms with E-state index in [2.05, 4.69) is 31.1 Å². The molecule has 0 aromatic carbocycles. The average molecular weight is 284 g/mol. The Morgan fingerprint density at radius 3 is 2.50 bits per heavy atom. The van der Waals surface area contributed by atoms with Crippen molar-refractivity contribution >= 4 is 6.09 Å². The maximum Gasteiger partial charge on any atom is 0.407 e. The van der Waals surface area contributed by atoms with Gasteiger partial charge in [0.1, 0.15) is 5.60 Å². The fourth-order valence-corrected chi connectivity index (χ4v) is 1.97. The molecule has 4 nitrogen and oxygen atoms in total. The first-order valence-electron chi connectivity index (χ1n) is 7.62. The highest BCUT2D eigenvalue weighted by molar-refractivity contribution is 5.67. The highest BCUT2D eigenvalue weighted by Gasteiger charge is 2.17. The molecule has 118 valence electrons. The van der Waals surface area contributed by atoms with E-state index in [9.17, 15) is 4.79 Å². The van der Waals surface area contributed by atoms with Crippen LogP contribution in [0.15, 0.2) is 12.7 Å². The summed E-state index contributed by atoms with van der Waals surface area (Å²) in [5, 5.41) is 6.39. The number of carbonyl (C=O) groups excluding carboxylic acids is 1. The molecule has 0 aromatic heterocycles. The van der Waals surface area contributed by atoms with Gasteiger partial charge in [-0.05, 0) is 47.0 Å². The minimum Gasteiger partial charge on any atom is -0.444 e. The summed E-state index contributed by atoms with van der Waals surface area (Å²) >= 11 is 0. The molecule has 2 unspecified atom stereocenters. The van der Waals surface area contributed by atoms with Gasteiger partial charge in [-0.3, -0.25) is 0 Å². The van der Waals surface area contributed by atoms with E-state index in [0.29, 0.717) is 12.6 Å². The molecule has 20 heavy (non-hydrogen) atoms. The number of hydrogen-bond donors (Lipinski definition) is 2. The van der Waals surface area contributed by atoms with E-state index in [1.807, 2.05) is 26.8 Å². The Bertz CT molecular complexity index is 285. The van der Waals surface area contributed by atoms with E-state index in [-0.39, 0.29) is 12.1 Å². The van der Waals surface area contributed by atoms with E-state index < -0.39 is 5.60 Å². The molecule has 0 bridgehead atoms. The Kier molecular flexibility index (Phi) is 9.30. The number of nitrogens with one attached hydrogen (secondary N) is 2. The predicted molar refractivity (Wildman–Crippen MR) is 85.0 cm³/mol. The zero-order valence-corrected chi connectivity index (χ0v) is 13.8. The highest BCUT2D eigenvalue weighted by atomic mass is 16.6. The summed E-state index contributed by atoms with van der Waals surface area (Å²) in [5.41, 5.74) is -0.449. The molecule has 0 saturated heterocycles. The second-order valence-corrected chi connectivity index (χ2v) is 6.30. The summed E-state index contributed by atoms with van der Waals surface area (Å²) in [5.74, 6) is 0. The zero-order valence-electron chi connectivity index (χ0n) is 13.8. The molecule has 0 spiro atoms. The summed E-state index contributed by atoms with van der Waals surface area (Å²) in [6.07, 6.45) is 5.78. The largest absolute Gasteiger partial charge is 0.444 e. The van der Waals surface area contributed by atoms with Gasteiger partial charge in [-0.15, -0.1) is 6.58 Å². The lowest BCUT2D eigenvalue weighted by Gasteiger charge is -2.25. The molecule has 0 radical (unpaired) electrons. The molecule has 4 heteroatoms. The standard InChI is InChI=1S/C16H32N2O2/c1-7-9-11-13(3)18-14(10-8-2)12-17-15(19)20-16(4,5)6/h7,13-14,18H,1,8-12H2,2-6H3,(H,17,19). The number of ether oxygens (including phenoxy) is 1.